The molecule has 0 bridgehead atoms. The minimum absolute atomic E-state index is 0.339. The molecule has 1 unspecified atom stereocenters. The fraction of sp³-hybridized carbons (Fsp3) is 0.167. The lowest BCUT2D eigenvalue weighted by atomic mass is 9.84. The first kappa shape index (κ1) is 23.9. The fourth-order valence-corrected chi connectivity index (χ4v) is 3.13. The molecule has 170 valence electrons. The van der Waals surface area contributed by atoms with Crippen LogP contribution in [0.3, 0.4) is 0 Å². The van der Waals surface area contributed by atoms with Crippen molar-refractivity contribution in [2.24, 2.45) is 5.84 Å². The van der Waals surface area contributed by atoms with Gasteiger partial charge in [0.05, 0.1) is 12.9 Å². The second-order valence-corrected chi connectivity index (χ2v) is 7.41. The molecule has 33 heavy (non-hydrogen) atoms. The van der Waals surface area contributed by atoms with E-state index in [1.54, 1.807) is 0 Å². The topological polar surface area (TPSA) is 86.2 Å². The normalized spacial score (nSPS) is 12.9. The van der Waals surface area contributed by atoms with Crippen LogP contribution in [0.15, 0.2) is 60.8 Å². The zero-order valence-electron chi connectivity index (χ0n) is 17.5. The van der Waals surface area contributed by atoms with Crippen LogP contribution in [0.4, 0.5) is 17.6 Å². The Kier molecular flexibility index (Phi) is 6.81. The van der Waals surface area contributed by atoms with E-state index >= 15 is 8.78 Å². The van der Waals surface area contributed by atoms with Gasteiger partial charge in [-0.25, -0.2) is 14.6 Å². The summed E-state index contributed by atoms with van der Waals surface area (Å²) < 4.78 is 58.8. The molecule has 2 aromatic carbocycles. The third-order valence-electron chi connectivity index (χ3n) is 4.96. The van der Waals surface area contributed by atoms with Crippen molar-refractivity contribution in [1.82, 2.24) is 9.99 Å². The first-order chi connectivity index (χ1) is 15.6. The van der Waals surface area contributed by atoms with Gasteiger partial charge in [0.2, 0.25) is 0 Å². The predicted octanol–water partition coefficient (Wildman–Crippen LogP) is 3.83. The van der Waals surface area contributed by atoms with Crippen molar-refractivity contribution in [2.75, 3.05) is 6.54 Å². The third-order valence-corrected chi connectivity index (χ3v) is 4.96. The molecule has 5 nitrogen and oxygen atoms in total. The summed E-state index contributed by atoms with van der Waals surface area (Å²) in [5.41, 5.74) is -2.90. The summed E-state index contributed by atoms with van der Waals surface area (Å²) in [6.45, 7) is 0.869. The van der Waals surface area contributed by atoms with Crippen molar-refractivity contribution < 1.29 is 22.7 Å². The van der Waals surface area contributed by atoms with Crippen molar-refractivity contribution in [3.8, 4) is 11.8 Å². The van der Waals surface area contributed by atoms with Gasteiger partial charge in [-0.05, 0) is 43.3 Å². The number of benzene rings is 2. The zero-order chi connectivity index (χ0) is 24.2. The van der Waals surface area contributed by atoms with Crippen molar-refractivity contribution >= 4 is 6.34 Å². The lowest BCUT2D eigenvalue weighted by Gasteiger charge is -2.37. The number of pyridine rings is 1. The largest absolute Gasteiger partial charge is 0.377 e. The number of aliphatic hydroxyl groups is 1. The van der Waals surface area contributed by atoms with Gasteiger partial charge in [-0.3, -0.25) is 15.4 Å². The Labute approximate surface area is 188 Å². The number of hydrogen-bond donors (Lipinski definition) is 3. The second-order valence-electron chi connectivity index (χ2n) is 7.41. The lowest BCUT2D eigenvalue weighted by molar-refractivity contribution is -0.203. The number of halogens is 4. The smallest absolute Gasteiger partial charge is 0.323 e. The highest BCUT2D eigenvalue weighted by Crippen LogP contribution is 2.45. The zero-order valence-corrected chi connectivity index (χ0v) is 17.5. The molecule has 1 heterocycles. The van der Waals surface area contributed by atoms with Crippen LogP contribution >= 0.6 is 0 Å². The number of rotatable bonds is 6. The van der Waals surface area contributed by atoms with Crippen LogP contribution in [-0.2, 0) is 11.5 Å². The number of alkyl halides is 2. The Balaban J connectivity index is 1.99. The molecule has 4 N–H and O–H groups in total. The van der Waals surface area contributed by atoms with Gasteiger partial charge in [0, 0.05) is 29.0 Å². The second kappa shape index (κ2) is 9.40. The number of hydrazine groups is 1. The van der Waals surface area contributed by atoms with Crippen molar-refractivity contribution in [2.45, 2.75) is 18.4 Å². The summed E-state index contributed by atoms with van der Waals surface area (Å²) in [7, 11) is 0. The summed E-state index contributed by atoms with van der Waals surface area (Å²) in [5, 5.41) is 18.6. The first-order valence-corrected chi connectivity index (χ1v) is 9.69. The van der Waals surface area contributed by atoms with Crippen LogP contribution < -0.4 is 5.84 Å². The quantitative estimate of drug-likeness (QED) is 0.131. The third kappa shape index (κ3) is 5.03. The average Bonchev–Trinajstić information content (AvgIpc) is 2.78. The van der Waals surface area contributed by atoms with Crippen LogP contribution in [0.2, 0.25) is 0 Å². The fourth-order valence-electron chi connectivity index (χ4n) is 3.13. The highest BCUT2D eigenvalue weighted by Gasteiger charge is 2.58. The van der Waals surface area contributed by atoms with E-state index in [-0.39, 0.29) is 0 Å². The maximum Gasteiger partial charge on any atom is 0.323 e. The summed E-state index contributed by atoms with van der Waals surface area (Å²) in [5.74, 6) is 4.57. The average molecular weight is 456 g/mol. The first-order valence-electron chi connectivity index (χ1n) is 9.69. The number of nitrogens with zero attached hydrogens (tertiary/aromatic N) is 2. The van der Waals surface area contributed by atoms with Crippen molar-refractivity contribution in [1.29, 1.82) is 5.41 Å². The Morgan fingerprint density at radius 3 is 2.27 bits per heavy atom. The molecule has 0 aliphatic rings. The van der Waals surface area contributed by atoms with E-state index in [0.29, 0.717) is 29.0 Å². The minimum Gasteiger partial charge on any atom is -0.377 e. The van der Waals surface area contributed by atoms with Gasteiger partial charge in [-0.2, -0.15) is 8.78 Å². The van der Waals surface area contributed by atoms with E-state index < -0.39 is 41.0 Å². The van der Waals surface area contributed by atoms with E-state index in [0.717, 1.165) is 29.5 Å². The van der Waals surface area contributed by atoms with Gasteiger partial charge in [0.15, 0.2) is 5.60 Å². The van der Waals surface area contributed by atoms with Gasteiger partial charge in [-0.15, -0.1) is 0 Å². The molecule has 0 aliphatic carbocycles. The van der Waals surface area contributed by atoms with E-state index in [2.05, 4.69) is 16.8 Å². The summed E-state index contributed by atoms with van der Waals surface area (Å²) in [4.78, 5) is 3.72. The molecule has 0 radical (unpaired) electrons. The van der Waals surface area contributed by atoms with Crippen LogP contribution in [0.5, 0.6) is 0 Å². The summed E-state index contributed by atoms with van der Waals surface area (Å²) in [6.07, 6.45) is 1.59. The molecule has 3 rings (SSSR count). The maximum absolute atomic E-state index is 15.5. The van der Waals surface area contributed by atoms with Gasteiger partial charge in [0.1, 0.15) is 17.3 Å². The standard InChI is InChI=1S/C24H20F4N4O/c1-16-2-4-17(5-3-16)6-7-18-8-11-22(31-13-18)24(27,28)23(33,14-32(30)15-29)20-10-9-19(25)12-21(20)26/h2-5,8-13,15,29,33H,14,30H2,1H3. The molecular weight excluding hydrogens is 436 g/mol. The number of aryl methyl sites for hydroxylation is 1. The summed E-state index contributed by atoms with van der Waals surface area (Å²) >= 11 is 0. The molecule has 1 atom stereocenters. The van der Waals surface area contributed by atoms with E-state index in [9.17, 15) is 13.9 Å². The SMILES string of the molecule is Cc1ccc(C#Cc2ccc(C(F)(F)C(O)(CN(N)C=N)c3ccc(F)cc3F)nc2)cc1. The lowest BCUT2D eigenvalue weighted by Crippen LogP contribution is -2.53. The van der Waals surface area contributed by atoms with Crippen LogP contribution in [0.25, 0.3) is 0 Å². The number of hydrogen-bond acceptors (Lipinski definition) is 4. The molecule has 0 spiro atoms. The van der Waals surface area contributed by atoms with E-state index in [1.165, 1.54) is 6.07 Å². The number of aromatic nitrogens is 1. The van der Waals surface area contributed by atoms with Crippen LogP contribution in [0, 0.1) is 35.8 Å². The van der Waals surface area contributed by atoms with Gasteiger partial charge in [-0.1, -0.05) is 29.5 Å². The van der Waals surface area contributed by atoms with Crippen molar-refractivity contribution in [3.63, 3.8) is 0 Å². The number of nitrogens with one attached hydrogen (secondary N) is 1. The Morgan fingerprint density at radius 2 is 1.70 bits per heavy atom. The molecule has 0 aliphatic heterocycles. The van der Waals surface area contributed by atoms with E-state index in [4.69, 9.17) is 11.3 Å². The molecule has 1 aromatic heterocycles. The summed E-state index contributed by atoms with van der Waals surface area (Å²) in [6, 6.07) is 11.5. The molecule has 0 saturated heterocycles. The minimum atomic E-state index is -4.17. The molecule has 0 fully saturated rings. The maximum atomic E-state index is 15.5. The number of nitrogens with two attached hydrogens (primary N) is 1. The molecule has 0 amide bonds. The van der Waals surface area contributed by atoms with Crippen molar-refractivity contribution in [3.05, 3.63) is 100 Å². The van der Waals surface area contributed by atoms with Crippen LogP contribution in [0.1, 0.15) is 27.9 Å². The molecular formula is C24H20F4N4O. The highest BCUT2D eigenvalue weighted by molar-refractivity contribution is 5.50. The molecule has 3 aromatic rings. The predicted molar refractivity (Wildman–Crippen MR) is 115 cm³/mol. The Morgan fingerprint density at radius 1 is 1.06 bits per heavy atom. The van der Waals surface area contributed by atoms with E-state index in [1.807, 2.05) is 31.2 Å². The van der Waals surface area contributed by atoms with Gasteiger partial charge >= 0.3 is 5.92 Å². The molecule has 9 heteroatoms. The van der Waals surface area contributed by atoms with Gasteiger partial charge < -0.3 is 5.11 Å². The van der Waals surface area contributed by atoms with Crippen LogP contribution in [-0.4, -0.2) is 28.0 Å². The Bertz CT molecular complexity index is 1200. The monoisotopic (exact) mass is 456 g/mol. The highest BCUT2D eigenvalue weighted by atomic mass is 19.3. The van der Waals surface area contributed by atoms with Gasteiger partial charge in [0.25, 0.3) is 0 Å². The Hall–Kier alpha value is -3.74. The molecule has 0 saturated carbocycles.